The molecule has 0 amide bonds. The molecule has 0 saturated carbocycles. The van der Waals surface area contributed by atoms with Crippen LogP contribution in [0.25, 0.3) is 22.3 Å². The lowest BCUT2D eigenvalue weighted by Gasteiger charge is -2.16. The van der Waals surface area contributed by atoms with Crippen molar-refractivity contribution in [3.05, 3.63) is 108 Å². The number of carbonyl (C=O) groups excluding carboxylic acids is 1. The first-order chi connectivity index (χ1) is 18.4. The molecular weight excluding hydrogens is 500 g/mol. The third kappa shape index (κ3) is 5.52. The Kier molecular flexibility index (Phi) is 7.09. The van der Waals surface area contributed by atoms with Crippen LogP contribution >= 0.6 is 0 Å². The van der Waals surface area contributed by atoms with Crippen LogP contribution in [0.3, 0.4) is 0 Å². The predicted octanol–water partition coefficient (Wildman–Crippen LogP) is 4.02. The fourth-order valence-corrected chi connectivity index (χ4v) is 5.27. The number of aromatic amines is 2. The molecular formula is C29H24N4O4S. The average molecular weight is 525 g/mol. The summed E-state index contributed by atoms with van der Waals surface area (Å²) in [5.74, 6) is 6.23. The van der Waals surface area contributed by atoms with E-state index in [9.17, 15) is 13.2 Å². The number of ether oxygens (including phenoxy) is 1. The van der Waals surface area contributed by atoms with E-state index in [1.807, 2.05) is 48.5 Å². The molecule has 0 fully saturated rings. The number of benzene rings is 3. The van der Waals surface area contributed by atoms with Gasteiger partial charge in [-0.2, -0.15) is 4.72 Å². The predicted molar refractivity (Wildman–Crippen MR) is 145 cm³/mol. The highest BCUT2D eigenvalue weighted by atomic mass is 32.2. The first kappa shape index (κ1) is 25.0. The van der Waals surface area contributed by atoms with Gasteiger partial charge in [0, 0.05) is 52.6 Å². The molecule has 190 valence electrons. The van der Waals surface area contributed by atoms with Crippen molar-refractivity contribution in [1.29, 1.82) is 0 Å². The van der Waals surface area contributed by atoms with Crippen molar-refractivity contribution in [2.75, 3.05) is 7.11 Å². The van der Waals surface area contributed by atoms with Crippen LogP contribution in [0.4, 0.5) is 0 Å². The lowest BCUT2D eigenvalue weighted by Crippen LogP contribution is -2.42. The van der Waals surface area contributed by atoms with Gasteiger partial charge in [0.2, 0.25) is 10.0 Å². The molecule has 3 N–H and O–H groups in total. The highest BCUT2D eigenvalue weighted by Gasteiger charge is 2.27. The largest absolute Gasteiger partial charge is 0.468 e. The first-order valence-corrected chi connectivity index (χ1v) is 13.3. The zero-order valence-corrected chi connectivity index (χ0v) is 21.2. The number of sulfonamides is 1. The molecule has 5 rings (SSSR count). The van der Waals surface area contributed by atoms with Crippen LogP contribution in [0.2, 0.25) is 0 Å². The molecule has 1 atom stereocenters. The van der Waals surface area contributed by atoms with E-state index >= 15 is 0 Å². The summed E-state index contributed by atoms with van der Waals surface area (Å²) in [5.41, 5.74) is 4.14. The minimum atomic E-state index is -4.00. The number of fused-ring (bicyclic) bond motifs is 1. The maximum absolute atomic E-state index is 13.1. The summed E-state index contributed by atoms with van der Waals surface area (Å²) in [6.07, 6.45) is 5.37. The standard InChI is InChI=1S/C29H24N4O4S/c1-37-29(34)27(18-23-19-32-26-5-3-2-4-25(23)26)33-38(35,36)24-14-10-21(11-15-24)7-6-20-8-12-22(13-9-20)28-30-16-17-31-28/h2-5,8-17,19,27,32-33H,18H2,1H3,(H,30,31)/t27-/m1/s1. The lowest BCUT2D eigenvalue weighted by molar-refractivity contribution is -0.142. The molecule has 0 radical (unpaired) electrons. The number of imidazole rings is 1. The van der Waals surface area contributed by atoms with E-state index in [2.05, 4.69) is 31.5 Å². The van der Waals surface area contributed by atoms with Crippen LogP contribution in [-0.2, 0) is 26.0 Å². The summed E-state index contributed by atoms with van der Waals surface area (Å²) >= 11 is 0. The highest BCUT2D eigenvalue weighted by molar-refractivity contribution is 7.89. The number of hydrogen-bond acceptors (Lipinski definition) is 5. The number of esters is 1. The van der Waals surface area contributed by atoms with E-state index in [0.29, 0.717) is 5.56 Å². The molecule has 2 aromatic heterocycles. The number of methoxy groups -OCH3 is 1. The maximum atomic E-state index is 13.1. The number of hydrogen-bond donors (Lipinski definition) is 3. The van der Waals surface area contributed by atoms with Crippen molar-refractivity contribution in [3.63, 3.8) is 0 Å². The summed E-state index contributed by atoms with van der Waals surface area (Å²) in [6, 6.07) is 20.4. The van der Waals surface area contributed by atoms with E-state index in [0.717, 1.165) is 33.4 Å². The smallest absolute Gasteiger partial charge is 0.324 e. The molecule has 0 aliphatic heterocycles. The average Bonchev–Trinajstić information content (AvgIpc) is 3.62. The second-order valence-electron chi connectivity index (χ2n) is 8.55. The number of H-pyrrole nitrogens is 2. The van der Waals surface area contributed by atoms with Crippen molar-refractivity contribution in [3.8, 4) is 23.2 Å². The zero-order chi connectivity index (χ0) is 26.5. The molecule has 5 aromatic rings. The van der Waals surface area contributed by atoms with E-state index in [-0.39, 0.29) is 11.3 Å². The number of carbonyl (C=O) groups is 1. The maximum Gasteiger partial charge on any atom is 0.324 e. The van der Waals surface area contributed by atoms with Crippen molar-refractivity contribution in [2.45, 2.75) is 17.4 Å². The second-order valence-corrected chi connectivity index (χ2v) is 10.3. The number of nitrogens with zero attached hydrogens (tertiary/aromatic N) is 1. The molecule has 0 aliphatic carbocycles. The van der Waals surface area contributed by atoms with Crippen LogP contribution in [0.1, 0.15) is 16.7 Å². The van der Waals surface area contributed by atoms with Crippen LogP contribution in [0.5, 0.6) is 0 Å². The minimum Gasteiger partial charge on any atom is -0.468 e. The Balaban J connectivity index is 1.30. The summed E-state index contributed by atoms with van der Waals surface area (Å²) < 4.78 is 33.6. The fourth-order valence-electron chi connectivity index (χ4n) is 4.09. The van der Waals surface area contributed by atoms with Crippen LogP contribution < -0.4 is 4.72 Å². The Bertz CT molecular complexity index is 1730. The number of aromatic nitrogens is 3. The van der Waals surface area contributed by atoms with Gasteiger partial charge in [-0.1, -0.05) is 42.2 Å². The molecule has 3 aromatic carbocycles. The minimum absolute atomic E-state index is 0.0266. The highest BCUT2D eigenvalue weighted by Crippen LogP contribution is 2.21. The van der Waals surface area contributed by atoms with Crippen molar-refractivity contribution in [1.82, 2.24) is 19.7 Å². The Hall–Kier alpha value is -4.65. The van der Waals surface area contributed by atoms with Gasteiger partial charge in [-0.05, 0) is 48.0 Å². The SMILES string of the molecule is COC(=O)[C@@H](Cc1c[nH]c2ccccc12)NS(=O)(=O)c1ccc(C#Cc2ccc(-c3ncc[nH]3)cc2)cc1. The normalized spacial score (nSPS) is 12.0. The third-order valence-corrected chi connectivity index (χ3v) is 7.54. The molecule has 38 heavy (non-hydrogen) atoms. The number of para-hydroxylation sites is 1. The second kappa shape index (κ2) is 10.8. The molecule has 2 heterocycles. The van der Waals surface area contributed by atoms with E-state index < -0.39 is 22.0 Å². The molecule has 9 heteroatoms. The van der Waals surface area contributed by atoms with Crippen molar-refractivity contribution >= 4 is 26.9 Å². The van der Waals surface area contributed by atoms with Crippen LogP contribution in [0.15, 0.2) is 96.3 Å². The Morgan fingerprint density at radius 2 is 1.66 bits per heavy atom. The number of rotatable bonds is 7. The first-order valence-electron chi connectivity index (χ1n) is 11.8. The zero-order valence-electron chi connectivity index (χ0n) is 20.4. The Morgan fingerprint density at radius 1 is 0.974 bits per heavy atom. The van der Waals surface area contributed by atoms with Crippen LogP contribution in [-0.4, -0.2) is 42.5 Å². The quantitative estimate of drug-likeness (QED) is 0.220. The van der Waals surface area contributed by atoms with Crippen molar-refractivity contribution < 1.29 is 17.9 Å². The molecule has 0 bridgehead atoms. The van der Waals surface area contributed by atoms with E-state index in [1.54, 1.807) is 30.7 Å². The summed E-state index contributed by atoms with van der Waals surface area (Å²) in [6.45, 7) is 0. The molecule has 0 unspecified atom stereocenters. The third-order valence-electron chi connectivity index (χ3n) is 6.05. The van der Waals surface area contributed by atoms with Gasteiger partial charge in [0.1, 0.15) is 11.9 Å². The van der Waals surface area contributed by atoms with E-state index in [1.165, 1.54) is 19.2 Å². The molecule has 0 saturated heterocycles. The van der Waals surface area contributed by atoms with Gasteiger partial charge in [-0.15, -0.1) is 0 Å². The van der Waals surface area contributed by atoms with Gasteiger partial charge in [-0.3, -0.25) is 4.79 Å². The van der Waals surface area contributed by atoms with Gasteiger partial charge < -0.3 is 14.7 Å². The van der Waals surface area contributed by atoms with E-state index in [4.69, 9.17) is 4.74 Å². The Morgan fingerprint density at radius 3 is 2.32 bits per heavy atom. The Labute approximate surface area is 220 Å². The summed E-state index contributed by atoms with van der Waals surface area (Å²) in [7, 11) is -2.77. The molecule has 0 aliphatic rings. The summed E-state index contributed by atoms with van der Waals surface area (Å²) in [5, 5.41) is 0.916. The van der Waals surface area contributed by atoms with Crippen LogP contribution in [0, 0.1) is 11.8 Å². The monoisotopic (exact) mass is 524 g/mol. The van der Waals surface area contributed by atoms with Gasteiger partial charge >= 0.3 is 5.97 Å². The van der Waals surface area contributed by atoms with Gasteiger partial charge in [-0.25, -0.2) is 13.4 Å². The molecule has 0 spiro atoms. The number of nitrogens with one attached hydrogen (secondary N) is 3. The van der Waals surface area contributed by atoms with Gasteiger partial charge in [0.25, 0.3) is 0 Å². The van der Waals surface area contributed by atoms with Crippen molar-refractivity contribution in [2.24, 2.45) is 0 Å². The fraction of sp³-hybridized carbons (Fsp3) is 0.103. The summed E-state index contributed by atoms with van der Waals surface area (Å²) in [4.78, 5) is 22.9. The van der Waals surface area contributed by atoms with Gasteiger partial charge in [0.05, 0.1) is 12.0 Å². The lowest BCUT2D eigenvalue weighted by atomic mass is 10.1. The topological polar surface area (TPSA) is 117 Å². The molecule has 8 nitrogen and oxygen atoms in total. The van der Waals surface area contributed by atoms with Gasteiger partial charge in [0.15, 0.2) is 0 Å².